The first-order valence-corrected chi connectivity index (χ1v) is 9.36. The minimum absolute atomic E-state index is 0.0618. The van der Waals surface area contributed by atoms with E-state index in [0.717, 1.165) is 29.5 Å². The van der Waals surface area contributed by atoms with Crippen molar-refractivity contribution in [3.8, 4) is 16.9 Å². The van der Waals surface area contributed by atoms with E-state index in [1.807, 2.05) is 19.1 Å². The summed E-state index contributed by atoms with van der Waals surface area (Å²) in [7, 11) is 0. The molecule has 0 aliphatic heterocycles. The lowest BCUT2D eigenvalue weighted by Crippen LogP contribution is -2.17. The Hall–Kier alpha value is -2.73. The molecule has 0 saturated heterocycles. The number of nitrogens with zero attached hydrogens (tertiary/aromatic N) is 1. The van der Waals surface area contributed by atoms with Crippen molar-refractivity contribution in [2.75, 3.05) is 13.2 Å². The van der Waals surface area contributed by atoms with E-state index in [4.69, 9.17) is 15.2 Å². The monoisotopic (exact) mass is 386 g/mol. The van der Waals surface area contributed by atoms with Crippen molar-refractivity contribution in [1.82, 2.24) is 4.98 Å². The Morgan fingerprint density at radius 2 is 2.14 bits per heavy atom. The van der Waals surface area contributed by atoms with Crippen LogP contribution in [0, 0.1) is 12.7 Å². The predicted octanol–water partition coefficient (Wildman–Crippen LogP) is 4.49. The molecule has 0 saturated carbocycles. The van der Waals surface area contributed by atoms with E-state index < -0.39 is 6.04 Å². The first kappa shape index (κ1) is 21.6. The SMILES string of the molecule is C=CCCCOc1cc(F)cc(C)c1-c1cncc([C@@H](N)CC(=O)OCC)c1. The fourth-order valence-corrected chi connectivity index (χ4v) is 2.92. The zero-order valence-corrected chi connectivity index (χ0v) is 16.4. The first-order chi connectivity index (χ1) is 13.5. The van der Waals surface area contributed by atoms with Gasteiger partial charge in [-0.3, -0.25) is 9.78 Å². The third-order valence-electron chi connectivity index (χ3n) is 4.24. The highest BCUT2D eigenvalue weighted by Crippen LogP contribution is 2.35. The Morgan fingerprint density at radius 1 is 1.36 bits per heavy atom. The number of aromatic nitrogens is 1. The zero-order chi connectivity index (χ0) is 20.5. The van der Waals surface area contributed by atoms with Crippen molar-refractivity contribution in [2.24, 2.45) is 5.73 Å². The normalized spacial score (nSPS) is 11.7. The molecule has 1 atom stereocenters. The van der Waals surface area contributed by atoms with Crippen LogP contribution in [0.1, 0.15) is 43.4 Å². The van der Waals surface area contributed by atoms with Crippen LogP contribution in [0.25, 0.3) is 11.1 Å². The minimum atomic E-state index is -0.538. The molecule has 1 aromatic heterocycles. The van der Waals surface area contributed by atoms with E-state index in [-0.39, 0.29) is 18.2 Å². The van der Waals surface area contributed by atoms with Gasteiger partial charge >= 0.3 is 5.97 Å². The molecule has 0 spiro atoms. The van der Waals surface area contributed by atoms with Crippen molar-refractivity contribution in [1.29, 1.82) is 0 Å². The number of hydrogen-bond donors (Lipinski definition) is 1. The van der Waals surface area contributed by atoms with E-state index in [2.05, 4.69) is 11.6 Å². The second-order valence-electron chi connectivity index (χ2n) is 6.50. The van der Waals surface area contributed by atoms with Gasteiger partial charge in [0.15, 0.2) is 0 Å². The number of ether oxygens (including phenoxy) is 2. The van der Waals surface area contributed by atoms with Gasteiger partial charge in [-0.15, -0.1) is 6.58 Å². The van der Waals surface area contributed by atoms with Crippen molar-refractivity contribution in [2.45, 2.75) is 39.2 Å². The summed E-state index contributed by atoms with van der Waals surface area (Å²) >= 11 is 0. The fraction of sp³-hybridized carbons (Fsp3) is 0.364. The van der Waals surface area contributed by atoms with Crippen molar-refractivity contribution >= 4 is 5.97 Å². The summed E-state index contributed by atoms with van der Waals surface area (Å²) < 4.78 is 24.7. The highest BCUT2D eigenvalue weighted by Gasteiger charge is 2.17. The maximum Gasteiger partial charge on any atom is 0.307 e. The number of benzene rings is 1. The molecule has 0 amide bonds. The molecule has 0 aliphatic carbocycles. The molecule has 6 heteroatoms. The maximum absolute atomic E-state index is 13.9. The maximum atomic E-state index is 13.9. The molecule has 0 radical (unpaired) electrons. The molecule has 2 rings (SSSR count). The number of hydrogen-bond acceptors (Lipinski definition) is 5. The average Bonchev–Trinajstić information content (AvgIpc) is 2.65. The summed E-state index contributed by atoms with van der Waals surface area (Å²) in [5.41, 5.74) is 9.10. The standard InChI is InChI=1S/C22H27FN2O3/c1-4-6-7-8-28-20-11-18(23)9-15(3)22(20)17-10-16(13-25-14-17)19(24)12-21(26)27-5-2/h4,9-11,13-14,19H,1,5-8,12,24H2,2-3H3/t19-/m0/s1. The number of nitrogens with two attached hydrogens (primary N) is 1. The Kier molecular flexibility index (Phi) is 8.14. The molecule has 150 valence electrons. The Labute approximate surface area is 165 Å². The Morgan fingerprint density at radius 3 is 2.86 bits per heavy atom. The van der Waals surface area contributed by atoms with Crippen LogP contribution < -0.4 is 10.5 Å². The van der Waals surface area contributed by atoms with Crippen LogP contribution in [0.4, 0.5) is 4.39 Å². The molecule has 2 aromatic rings. The van der Waals surface area contributed by atoms with Crippen LogP contribution >= 0.6 is 0 Å². The summed E-state index contributed by atoms with van der Waals surface area (Å²) in [4.78, 5) is 16.0. The number of carbonyl (C=O) groups is 1. The van der Waals surface area contributed by atoms with Gasteiger partial charge in [-0.2, -0.15) is 0 Å². The molecule has 0 bridgehead atoms. The third kappa shape index (κ3) is 5.89. The van der Waals surface area contributed by atoms with Gasteiger partial charge in [0.05, 0.1) is 19.6 Å². The number of rotatable bonds is 10. The average molecular weight is 386 g/mol. The van der Waals surface area contributed by atoms with Crippen molar-refractivity contribution in [3.63, 3.8) is 0 Å². The summed E-state index contributed by atoms with van der Waals surface area (Å²) in [5.74, 6) is -0.257. The van der Waals surface area contributed by atoms with Gasteiger partial charge < -0.3 is 15.2 Å². The quantitative estimate of drug-likeness (QED) is 0.370. The molecular weight excluding hydrogens is 359 g/mol. The van der Waals surface area contributed by atoms with Crippen LogP contribution in [-0.2, 0) is 9.53 Å². The van der Waals surface area contributed by atoms with Crippen LogP contribution in [-0.4, -0.2) is 24.2 Å². The fourth-order valence-electron chi connectivity index (χ4n) is 2.92. The van der Waals surface area contributed by atoms with E-state index in [9.17, 15) is 9.18 Å². The summed E-state index contributed by atoms with van der Waals surface area (Å²) in [5, 5.41) is 0. The highest BCUT2D eigenvalue weighted by molar-refractivity contribution is 5.74. The number of halogens is 1. The van der Waals surface area contributed by atoms with Crippen molar-refractivity contribution < 1.29 is 18.7 Å². The van der Waals surface area contributed by atoms with E-state index in [0.29, 0.717) is 24.5 Å². The topological polar surface area (TPSA) is 74.4 Å². The first-order valence-electron chi connectivity index (χ1n) is 9.36. The van der Waals surface area contributed by atoms with Gasteiger partial charge in [0.1, 0.15) is 11.6 Å². The van der Waals surface area contributed by atoms with E-state index in [1.165, 1.54) is 12.1 Å². The molecular formula is C22H27FN2O3. The lowest BCUT2D eigenvalue weighted by atomic mass is 9.97. The number of aryl methyl sites for hydroxylation is 1. The van der Waals surface area contributed by atoms with Crippen LogP contribution in [0.2, 0.25) is 0 Å². The molecule has 2 N–H and O–H groups in total. The summed E-state index contributed by atoms with van der Waals surface area (Å²) in [6, 6.07) is 4.15. The summed E-state index contributed by atoms with van der Waals surface area (Å²) in [6.07, 6.45) is 6.80. The molecule has 0 aliphatic rings. The van der Waals surface area contributed by atoms with Gasteiger partial charge in [0.2, 0.25) is 0 Å². The van der Waals surface area contributed by atoms with Crippen molar-refractivity contribution in [3.05, 3.63) is 60.2 Å². The number of esters is 1. The van der Waals surface area contributed by atoms with E-state index in [1.54, 1.807) is 19.3 Å². The smallest absolute Gasteiger partial charge is 0.307 e. The highest BCUT2D eigenvalue weighted by atomic mass is 19.1. The van der Waals surface area contributed by atoms with Gasteiger partial charge in [-0.25, -0.2) is 4.39 Å². The largest absolute Gasteiger partial charge is 0.493 e. The summed E-state index contributed by atoms with van der Waals surface area (Å²) in [6.45, 7) is 8.02. The second kappa shape index (κ2) is 10.6. The number of allylic oxidation sites excluding steroid dienone is 1. The van der Waals surface area contributed by atoms with E-state index >= 15 is 0 Å². The molecule has 1 heterocycles. The predicted molar refractivity (Wildman–Crippen MR) is 107 cm³/mol. The van der Waals surface area contributed by atoms with Gasteiger partial charge in [-0.1, -0.05) is 6.08 Å². The van der Waals surface area contributed by atoms with Crippen LogP contribution in [0.3, 0.4) is 0 Å². The molecule has 0 unspecified atom stereocenters. The number of unbranched alkanes of at least 4 members (excludes halogenated alkanes) is 1. The number of pyridine rings is 1. The molecule has 1 aromatic carbocycles. The van der Waals surface area contributed by atoms with Gasteiger partial charge in [0, 0.05) is 35.6 Å². The molecule has 5 nitrogen and oxygen atoms in total. The second-order valence-corrected chi connectivity index (χ2v) is 6.50. The third-order valence-corrected chi connectivity index (χ3v) is 4.24. The minimum Gasteiger partial charge on any atom is -0.493 e. The van der Waals surface area contributed by atoms with Crippen LogP contribution in [0.5, 0.6) is 5.75 Å². The Bertz CT molecular complexity index is 823. The molecule has 28 heavy (non-hydrogen) atoms. The number of carbonyl (C=O) groups excluding carboxylic acids is 1. The molecule has 0 fully saturated rings. The lowest BCUT2D eigenvalue weighted by molar-refractivity contribution is -0.143. The lowest BCUT2D eigenvalue weighted by Gasteiger charge is -2.16. The van der Waals surface area contributed by atoms with Gasteiger partial charge in [-0.05, 0) is 49.9 Å². The van der Waals surface area contributed by atoms with Gasteiger partial charge in [0.25, 0.3) is 0 Å². The Balaban J connectivity index is 2.31. The zero-order valence-electron chi connectivity index (χ0n) is 16.4. The van der Waals surface area contributed by atoms with Crippen LogP contribution in [0.15, 0.2) is 43.2 Å².